The molecule has 0 bridgehead atoms. The zero-order valence-corrected chi connectivity index (χ0v) is 9.57. The van der Waals surface area contributed by atoms with E-state index in [4.69, 9.17) is 23.1 Å². The molecule has 1 unspecified atom stereocenters. The molecule has 0 radical (unpaired) electrons. The Balaban J connectivity index is 2.44. The summed E-state index contributed by atoms with van der Waals surface area (Å²) < 4.78 is 1.82. The largest absolute Gasteiger partial charge is 0.357 e. The molecule has 5 N–H and O–H groups in total. The van der Waals surface area contributed by atoms with E-state index >= 15 is 0 Å². The summed E-state index contributed by atoms with van der Waals surface area (Å²) in [5, 5.41) is 3.44. The van der Waals surface area contributed by atoms with Gasteiger partial charge in [0.15, 0.2) is 6.17 Å². The predicted octanol–water partition coefficient (Wildman–Crippen LogP) is 0.563. The van der Waals surface area contributed by atoms with Crippen LogP contribution in [0.2, 0.25) is 5.02 Å². The third kappa shape index (κ3) is 1.94. The number of hydrogen-bond acceptors (Lipinski definition) is 4. The van der Waals surface area contributed by atoms with Crippen molar-refractivity contribution in [2.75, 3.05) is 0 Å². The lowest BCUT2D eigenvalue weighted by Gasteiger charge is -2.19. The van der Waals surface area contributed by atoms with Crippen LogP contribution >= 0.6 is 11.6 Å². The molecule has 1 aromatic carbocycles. The Labute approximate surface area is 98.4 Å². The topological polar surface area (TPSA) is 79.4 Å². The standard InChI is InChI=1S/C10H12ClN5/c1-6-14-9(12)15-10(13)16(6)8-4-2-3-7(11)5-8/h2-6H,1H3,(H4,12,13,14,15)/p+1. The van der Waals surface area contributed by atoms with Crippen LogP contribution < -0.4 is 16.8 Å². The lowest BCUT2D eigenvalue weighted by molar-refractivity contribution is -0.482. The fraction of sp³-hybridized carbons (Fsp3) is 0.200. The van der Waals surface area contributed by atoms with E-state index in [-0.39, 0.29) is 6.17 Å². The second-order valence-corrected chi connectivity index (χ2v) is 3.94. The molecule has 16 heavy (non-hydrogen) atoms. The average molecular weight is 239 g/mol. The fourth-order valence-electron chi connectivity index (χ4n) is 1.66. The molecule has 0 spiro atoms. The summed E-state index contributed by atoms with van der Waals surface area (Å²) in [6.07, 6.45) is -0.153. The molecule has 0 aliphatic carbocycles. The second-order valence-electron chi connectivity index (χ2n) is 3.51. The van der Waals surface area contributed by atoms with Crippen LogP contribution in [0.15, 0.2) is 29.3 Å². The number of hydrogen-bond donors (Lipinski definition) is 3. The van der Waals surface area contributed by atoms with Crippen LogP contribution in [0.4, 0.5) is 5.69 Å². The van der Waals surface area contributed by atoms with Gasteiger partial charge in [-0.2, -0.15) is 4.99 Å². The van der Waals surface area contributed by atoms with Crippen LogP contribution in [0.5, 0.6) is 0 Å². The van der Waals surface area contributed by atoms with Crippen molar-refractivity contribution in [1.82, 2.24) is 5.32 Å². The van der Waals surface area contributed by atoms with Gasteiger partial charge in [0.25, 0.3) is 5.96 Å². The number of halogens is 1. The van der Waals surface area contributed by atoms with Gasteiger partial charge in [0.1, 0.15) is 5.69 Å². The maximum absolute atomic E-state index is 5.93. The summed E-state index contributed by atoms with van der Waals surface area (Å²) in [4.78, 5) is 4.19. The molecule has 0 amide bonds. The summed E-state index contributed by atoms with van der Waals surface area (Å²) in [6, 6.07) is 7.40. The quantitative estimate of drug-likeness (QED) is 0.626. The summed E-state index contributed by atoms with van der Waals surface area (Å²) in [5.74, 6) is 0.769. The van der Waals surface area contributed by atoms with E-state index in [0.29, 0.717) is 16.9 Å². The minimum atomic E-state index is -0.153. The maximum atomic E-state index is 5.93. The molecule has 0 saturated heterocycles. The molecule has 84 valence electrons. The number of guanidine groups is 2. The van der Waals surface area contributed by atoms with Crippen molar-refractivity contribution in [1.29, 1.82) is 0 Å². The van der Waals surface area contributed by atoms with E-state index in [1.165, 1.54) is 0 Å². The molecule has 0 aromatic heterocycles. The summed E-state index contributed by atoms with van der Waals surface area (Å²) in [7, 11) is 0. The van der Waals surface area contributed by atoms with Crippen LogP contribution in [-0.4, -0.2) is 22.7 Å². The highest BCUT2D eigenvalue weighted by molar-refractivity contribution is 6.30. The van der Waals surface area contributed by atoms with E-state index in [1.54, 1.807) is 6.07 Å². The monoisotopic (exact) mass is 238 g/mol. The number of nitrogens with one attached hydrogen (secondary N) is 1. The van der Waals surface area contributed by atoms with Gasteiger partial charge in [0.2, 0.25) is 0 Å². The average Bonchev–Trinajstić information content (AvgIpc) is 2.15. The zero-order chi connectivity index (χ0) is 11.7. The molecule has 2 rings (SSSR count). The van der Waals surface area contributed by atoms with Crippen molar-refractivity contribution in [3.63, 3.8) is 0 Å². The first-order valence-electron chi connectivity index (χ1n) is 4.85. The second kappa shape index (κ2) is 4.02. The molecular formula is C10H13ClN5+. The first-order valence-corrected chi connectivity index (χ1v) is 5.23. The van der Waals surface area contributed by atoms with Gasteiger partial charge in [-0.1, -0.05) is 17.7 Å². The van der Waals surface area contributed by atoms with Crippen LogP contribution in [0, 0.1) is 0 Å². The van der Waals surface area contributed by atoms with Crippen molar-refractivity contribution in [2.24, 2.45) is 16.5 Å². The van der Waals surface area contributed by atoms with Crippen molar-refractivity contribution in [3.8, 4) is 0 Å². The van der Waals surface area contributed by atoms with Gasteiger partial charge in [-0.15, -0.1) is 0 Å². The van der Waals surface area contributed by atoms with Gasteiger partial charge in [-0.3, -0.25) is 5.73 Å². The summed E-state index contributed by atoms with van der Waals surface area (Å²) in [5.41, 5.74) is 12.3. The molecule has 1 atom stereocenters. The van der Waals surface area contributed by atoms with E-state index in [1.807, 2.05) is 29.7 Å². The number of aliphatic imine (C=N–C) groups is 1. The molecule has 0 fully saturated rings. The Bertz CT molecular complexity index is 480. The van der Waals surface area contributed by atoms with Gasteiger partial charge in [0, 0.05) is 5.02 Å². The highest BCUT2D eigenvalue weighted by atomic mass is 35.5. The normalized spacial score (nSPS) is 20.4. The van der Waals surface area contributed by atoms with Crippen molar-refractivity contribution < 1.29 is 4.58 Å². The van der Waals surface area contributed by atoms with E-state index < -0.39 is 0 Å². The highest BCUT2D eigenvalue weighted by Gasteiger charge is 2.23. The van der Waals surface area contributed by atoms with Gasteiger partial charge >= 0.3 is 5.96 Å². The third-order valence-corrected chi connectivity index (χ3v) is 2.54. The molecular weight excluding hydrogens is 226 g/mol. The molecule has 1 heterocycles. The lowest BCUT2D eigenvalue weighted by Crippen LogP contribution is -2.51. The number of nitrogens with zero attached hydrogens (tertiary/aromatic N) is 2. The Morgan fingerprint density at radius 2 is 2.19 bits per heavy atom. The summed E-state index contributed by atoms with van der Waals surface area (Å²) in [6.45, 7) is 1.90. The first-order chi connectivity index (χ1) is 7.58. The number of rotatable bonds is 1. The van der Waals surface area contributed by atoms with Crippen molar-refractivity contribution in [3.05, 3.63) is 29.3 Å². The summed E-state index contributed by atoms with van der Waals surface area (Å²) >= 11 is 5.93. The minimum absolute atomic E-state index is 0.153. The predicted molar refractivity (Wildman–Crippen MR) is 64.8 cm³/mol. The maximum Gasteiger partial charge on any atom is 0.357 e. The third-order valence-electron chi connectivity index (χ3n) is 2.30. The molecule has 5 nitrogen and oxygen atoms in total. The minimum Gasteiger partial charge on any atom is -0.357 e. The number of benzene rings is 1. The Hall–Kier alpha value is -1.75. The van der Waals surface area contributed by atoms with Crippen LogP contribution in [-0.2, 0) is 0 Å². The van der Waals surface area contributed by atoms with E-state index in [2.05, 4.69) is 10.3 Å². The Morgan fingerprint density at radius 3 is 2.81 bits per heavy atom. The van der Waals surface area contributed by atoms with E-state index in [9.17, 15) is 0 Å². The number of nitrogens with two attached hydrogens (primary N) is 2. The first kappa shape index (κ1) is 10.8. The molecule has 1 aromatic rings. The van der Waals surface area contributed by atoms with Crippen molar-refractivity contribution in [2.45, 2.75) is 13.1 Å². The van der Waals surface area contributed by atoms with E-state index in [0.717, 1.165) is 5.69 Å². The SMILES string of the molecule is CC1N=C(N)NC(N)=[N+]1c1cccc(Cl)c1. The Morgan fingerprint density at radius 1 is 1.44 bits per heavy atom. The van der Waals surface area contributed by atoms with Gasteiger partial charge in [0.05, 0.1) is 0 Å². The zero-order valence-electron chi connectivity index (χ0n) is 8.81. The molecule has 6 heteroatoms. The van der Waals surface area contributed by atoms with Gasteiger partial charge < -0.3 is 5.73 Å². The molecule has 1 aliphatic heterocycles. The molecule has 0 saturated carbocycles. The highest BCUT2D eigenvalue weighted by Crippen LogP contribution is 2.20. The van der Waals surface area contributed by atoms with Gasteiger partial charge in [-0.05, 0) is 25.1 Å². The molecule has 1 aliphatic rings. The van der Waals surface area contributed by atoms with Gasteiger partial charge in [-0.25, -0.2) is 9.89 Å². The van der Waals surface area contributed by atoms with Crippen LogP contribution in [0.3, 0.4) is 0 Å². The van der Waals surface area contributed by atoms with Crippen molar-refractivity contribution >= 4 is 29.2 Å². The van der Waals surface area contributed by atoms with Crippen LogP contribution in [0.25, 0.3) is 0 Å². The lowest BCUT2D eigenvalue weighted by atomic mass is 10.3. The fourth-order valence-corrected chi connectivity index (χ4v) is 1.85. The van der Waals surface area contributed by atoms with Crippen LogP contribution in [0.1, 0.15) is 6.92 Å². The Kier molecular flexibility index (Phi) is 2.70. The smallest absolute Gasteiger partial charge is 0.357 e.